The molecular weight excluding hydrogens is 293 g/mol. The Morgan fingerprint density at radius 2 is 2.14 bits per heavy atom. The van der Waals surface area contributed by atoms with Crippen molar-refractivity contribution in [2.24, 2.45) is 5.73 Å². The summed E-state index contributed by atoms with van der Waals surface area (Å²) in [4.78, 5) is 31.0. The number of primary amides is 1. The van der Waals surface area contributed by atoms with Gasteiger partial charge in [-0.3, -0.25) is 4.98 Å². The van der Waals surface area contributed by atoms with Gasteiger partial charge in [-0.05, 0) is 12.1 Å². The van der Waals surface area contributed by atoms with Crippen LogP contribution < -0.4 is 21.5 Å². The quantitative estimate of drug-likeness (QED) is 0.587. The highest BCUT2D eigenvalue weighted by Crippen LogP contribution is 2.28. The summed E-state index contributed by atoms with van der Waals surface area (Å²) in [6.07, 6.45) is 1.45. The third-order valence-corrected chi connectivity index (χ3v) is 2.81. The van der Waals surface area contributed by atoms with Gasteiger partial charge >= 0.3 is 11.7 Å². The minimum atomic E-state index is -0.867. The van der Waals surface area contributed by atoms with Crippen LogP contribution in [0.15, 0.2) is 35.3 Å². The summed E-state index contributed by atoms with van der Waals surface area (Å²) in [6.45, 7) is 0. The van der Waals surface area contributed by atoms with Crippen LogP contribution in [0.3, 0.4) is 0 Å². The van der Waals surface area contributed by atoms with E-state index in [4.69, 9.17) is 10.5 Å². The first-order valence-corrected chi connectivity index (χ1v) is 6.14. The summed E-state index contributed by atoms with van der Waals surface area (Å²) in [7, 11) is 0. The van der Waals surface area contributed by atoms with Crippen molar-refractivity contribution in [3.05, 3.63) is 46.8 Å². The van der Waals surface area contributed by atoms with Crippen molar-refractivity contribution in [1.82, 2.24) is 15.0 Å². The maximum atomic E-state index is 13.8. The van der Waals surface area contributed by atoms with E-state index in [1.54, 1.807) is 0 Å². The van der Waals surface area contributed by atoms with Crippen molar-refractivity contribution in [3.63, 3.8) is 0 Å². The number of H-pyrrole nitrogens is 2. The third kappa shape index (κ3) is 2.59. The molecule has 2 aromatic heterocycles. The number of aromatic amines is 2. The third-order valence-electron chi connectivity index (χ3n) is 2.81. The Hall–Kier alpha value is -3.36. The van der Waals surface area contributed by atoms with Gasteiger partial charge in [0.15, 0.2) is 11.4 Å². The van der Waals surface area contributed by atoms with Gasteiger partial charge < -0.3 is 20.8 Å². The summed E-state index contributed by atoms with van der Waals surface area (Å²) in [5, 5.41) is 2.14. The van der Waals surface area contributed by atoms with Crippen LogP contribution in [0.4, 0.5) is 14.9 Å². The van der Waals surface area contributed by atoms with Crippen LogP contribution in [0.1, 0.15) is 0 Å². The highest BCUT2D eigenvalue weighted by molar-refractivity contribution is 5.88. The second kappa shape index (κ2) is 5.20. The summed E-state index contributed by atoms with van der Waals surface area (Å²) in [6, 6.07) is 4.51. The number of nitrogens with one attached hydrogen (secondary N) is 3. The normalized spacial score (nSPS) is 10.6. The molecule has 22 heavy (non-hydrogen) atoms. The molecule has 3 rings (SSSR count). The number of rotatable bonds is 3. The highest BCUT2D eigenvalue weighted by atomic mass is 19.1. The summed E-state index contributed by atoms with van der Waals surface area (Å²) in [5.41, 5.74) is 5.14. The van der Waals surface area contributed by atoms with Gasteiger partial charge in [-0.15, -0.1) is 0 Å². The molecule has 2 heterocycles. The summed E-state index contributed by atoms with van der Waals surface area (Å²) in [5.74, 6) is -0.218. The maximum absolute atomic E-state index is 13.8. The predicted octanol–water partition coefficient (Wildman–Crippen LogP) is 1.67. The number of fused-ring (bicyclic) bond motifs is 1. The molecule has 5 N–H and O–H groups in total. The van der Waals surface area contributed by atoms with Gasteiger partial charge in [-0.2, -0.15) is 0 Å². The number of pyridine rings is 1. The Balaban J connectivity index is 1.93. The molecule has 1 aromatic carbocycles. The van der Waals surface area contributed by atoms with Gasteiger partial charge in [0, 0.05) is 18.3 Å². The maximum Gasteiger partial charge on any atom is 0.325 e. The first kappa shape index (κ1) is 13.6. The number of urea groups is 1. The molecule has 0 spiro atoms. The van der Waals surface area contributed by atoms with E-state index in [1.165, 1.54) is 24.4 Å². The number of nitrogens with zero attached hydrogens (tertiary/aromatic N) is 1. The van der Waals surface area contributed by atoms with E-state index in [1.807, 2.05) is 0 Å². The van der Waals surface area contributed by atoms with Crippen molar-refractivity contribution >= 4 is 22.9 Å². The van der Waals surface area contributed by atoms with E-state index in [0.29, 0.717) is 16.9 Å². The lowest BCUT2D eigenvalue weighted by molar-refractivity contribution is 0.259. The van der Waals surface area contributed by atoms with E-state index in [0.717, 1.165) is 6.07 Å². The van der Waals surface area contributed by atoms with E-state index in [-0.39, 0.29) is 11.4 Å². The highest BCUT2D eigenvalue weighted by Gasteiger charge is 2.10. The largest absolute Gasteiger partial charge is 0.455 e. The number of aromatic nitrogens is 3. The minimum Gasteiger partial charge on any atom is -0.455 e. The molecule has 0 aliphatic heterocycles. The zero-order valence-corrected chi connectivity index (χ0v) is 11.0. The van der Waals surface area contributed by atoms with E-state index in [9.17, 15) is 14.0 Å². The number of carbonyl (C=O) groups is 1. The van der Waals surface area contributed by atoms with Crippen molar-refractivity contribution in [3.8, 4) is 11.5 Å². The number of hydrogen-bond acceptors (Lipinski definition) is 4. The van der Waals surface area contributed by atoms with Crippen molar-refractivity contribution in [2.75, 3.05) is 5.32 Å². The lowest BCUT2D eigenvalue weighted by Gasteiger charge is -2.08. The van der Waals surface area contributed by atoms with Crippen LogP contribution in [0, 0.1) is 5.82 Å². The van der Waals surface area contributed by atoms with Gasteiger partial charge in [0.1, 0.15) is 17.1 Å². The van der Waals surface area contributed by atoms with Crippen LogP contribution in [-0.4, -0.2) is 21.0 Å². The molecule has 8 nitrogen and oxygen atoms in total. The van der Waals surface area contributed by atoms with E-state index >= 15 is 0 Å². The molecule has 0 saturated heterocycles. The van der Waals surface area contributed by atoms with Gasteiger partial charge in [0.05, 0.1) is 5.69 Å². The molecule has 0 fully saturated rings. The van der Waals surface area contributed by atoms with Crippen molar-refractivity contribution < 1.29 is 13.9 Å². The van der Waals surface area contributed by atoms with Crippen LogP contribution in [0.5, 0.6) is 11.5 Å². The fraction of sp³-hybridized carbons (Fsp3) is 0. The fourth-order valence-electron chi connectivity index (χ4n) is 1.92. The molecule has 0 bridgehead atoms. The number of amides is 2. The predicted molar refractivity (Wildman–Crippen MR) is 76.4 cm³/mol. The number of anilines is 1. The number of nitrogens with two attached hydrogens (primary N) is 1. The minimum absolute atomic E-state index is 0.0604. The van der Waals surface area contributed by atoms with Gasteiger partial charge in [0.2, 0.25) is 0 Å². The number of carbonyl (C=O) groups excluding carboxylic acids is 1. The number of hydrogen-bond donors (Lipinski definition) is 4. The topological polar surface area (TPSA) is 126 Å². The molecular formula is C13H10FN5O3. The Bertz CT molecular complexity index is 917. The monoisotopic (exact) mass is 303 g/mol. The molecule has 3 aromatic rings. The Labute approximate surface area is 122 Å². The van der Waals surface area contributed by atoms with Gasteiger partial charge in [-0.1, -0.05) is 0 Å². The van der Waals surface area contributed by atoms with E-state index in [2.05, 4.69) is 20.3 Å². The number of halogens is 1. The molecule has 0 saturated carbocycles. The zero-order chi connectivity index (χ0) is 15.7. The van der Waals surface area contributed by atoms with E-state index < -0.39 is 17.5 Å². The molecule has 2 amide bonds. The second-order valence-electron chi connectivity index (χ2n) is 4.34. The first-order chi connectivity index (χ1) is 10.5. The molecule has 0 radical (unpaired) electrons. The lowest BCUT2D eigenvalue weighted by atomic mass is 10.3. The van der Waals surface area contributed by atoms with Crippen LogP contribution >= 0.6 is 0 Å². The van der Waals surface area contributed by atoms with Crippen LogP contribution in [-0.2, 0) is 0 Å². The Morgan fingerprint density at radius 1 is 1.32 bits per heavy atom. The first-order valence-electron chi connectivity index (χ1n) is 6.14. The molecule has 0 unspecified atom stereocenters. The average Bonchev–Trinajstić information content (AvgIpc) is 2.83. The smallest absolute Gasteiger partial charge is 0.325 e. The average molecular weight is 303 g/mol. The molecule has 9 heteroatoms. The standard InChI is InChI=1S/C13H10FN5O3/c14-7-5-6(1-2-8(7)17-12(15)20)22-9-3-4-16-11-10(9)18-13(21)19-11/h1-5H,(H3,15,17,20)(H2,16,18,19,21). The van der Waals surface area contributed by atoms with Gasteiger partial charge in [0.25, 0.3) is 0 Å². The Morgan fingerprint density at radius 3 is 2.86 bits per heavy atom. The lowest BCUT2D eigenvalue weighted by Crippen LogP contribution is -2.19. The summed E-state index contributed by atoms with van der Waals surface area (Å²) >= 11 is 0. The molecule has 0 aliphatic carbocycles. The number of benzene rings is 1. The van der Waals surface area contributed by atoms with Crippen molar-refractivity contribution in [1.29, 1.82) is 0 Å². The summed E-state index contributed by atoms with van der Waals surface area (Å²) < 4.78 is 19.3. The van der Waals surface area contributed by atoms with Crippen LogP contribution in [0.25, 0.3) is 11.2 Å². The second-order valence-corrected chi connectivity index (χ2v) is 4.34. The number of imidazole rings is 1. The van der Waals surface area contributed by atoms with Gasteiger partial charge in [-0.25, -0.2) is 19.0 Å². The molecule has 112 valence electrons. The Kier molecular flexibility index (Phi) is 3.22. The fourth-order valence-corrected chi connectivity index (χ4v) is 1.92. The van der Waals surface area contributed by atoms with Crippen LogP contribution in [0.2, 0.25) is 0 Å². The molecule has 0 atom stereocenters. The SMILES string of the molecule is NC(=O)Nc1ccc(Oc2ccnc3[nH]c(=O)[nH]c23)cc1F. The molecule has 0 aliphatic rings. The number of ether oxygens (including phenoxy) is 1. The zero-order valence-electron chi connectivity index (χ0n) is 11.0. The van der Waals surface area contributed by atoms with Crippen molar-refractivity contribution in [2.45, 2.75) is 0 Å².